The molecular formula is C16H14O7. The number of carbonyl (C=O) groups excluding carboxylic acids is 1. The summed E-state index contributed by atoms with van der Waals surface area (Å²) >= 11 is 0. The quantitative estimate of drug-likeness (QED) is 0.776. The lowest BCUT2D eigenvalue weighted by atomic mass is 9.89. The standard InChI is InChI=1S/C16H14O7/c1-22-11-5-8(17)6-12-13(11)14(20)15(21)16(23-12)7-2-3-9(18)10(19)4-7/h3,5-7,17-18,21H,2,4H2,1H3/t7-/m1/s1. The molecule has 0 bridgehead atoms. The van der Waals surface area contributed by atoms with Crippen LogP contribution < -0.4 is 10.2 Å². The number of methoxy groups -OCH3 is 1. The fourth-order valence-electron chi connectivity index (χ4n) is 2.69. The van der Waals surface area contributed by atoms with E-state index in [1.54, 1.807) is 0 Å². The molecule has 3 rings (SSSR count). The lowest BCUT2D eigenvalue weighted by molar-refractivity contribution is -0.118. The maximum atomic E-state index is 12.4. The maximum Gasteiger partial charge on any atom is 0.238 e. The summed E-state index contributed by atoms with van der Waals surface area (Å²) in [5.74, 6) is -2.12. The van der Waals surface area contributed by atoms with E-state index in [-0.39, 0.29) is 46.8 Å². The van der Waals surface area contributed by atoms with Crippen LogP contribution in [0.4, 0.5) is 0 Å². The number of allylic oxidation sites excluding steroid dienone is 2. The minimum absolute atomic E-state index is 0.00655. The highest BCUT2D eigenvalue weighted by Crippen LogP contribution is 2.37. The Morgan fingerprint density at radius 1 is 1.22 bits per heavy atom. The molecule has 7 heteroatoms. The largest absolute Gasteiger partial charge is 0.508 e. The number of Topliss-reactive ketones (excluding diaryl/α,β-unsaturated/α-hetero) is 1. The normalized spacial score (nSPS) is 18.0. The number of fused-ring (bicyclic) bond motifs is 1. The molecule has 3 N–H and O–H groups in total. The first-order valence-corrected chi connectivity index (χ1v) is 6.91. The van der Waals surface area contributed by atoms with Gasteiger partial charge in [0.05, 0.1) is 7.11 Å². The van der Waals surface area contributed by atoms with Gasteiger partial charge in [-0.3, -0.25) is 9.59 Å². The first-order valence-electron chi connectivity index (χ1n) is 6.91. The van der Waals surface area contributed by atoms with Crippen molar-refractivity contribution in [2.45, 2.75) is 18.8 Å². The van der Waals surface area contributed by atoms with Crippen LogP contribution in [0.3, 0.4) is 0 Å². The molecule has 0 spiro atoms. The Labute approximate surface area is 130 Å². The maximum absolute atomic E-state index is 12.4. The first-order chi connectivity index (χ1) is 10.9. The van der Waals surface area contributed by atoms with E-state index in [4.69, 9.17) is 9.15 Å². The summed E-state index contributed by atoms with van der Waals surface area (Å²) in [6.45, 7) is 0. The number of ether oxygens (including phenoxy) is 1. The summed E-state index contributed by atoms with van der Waals surface area (Å²) in [4.78, 5) is 24.0. The van der Waals surface area contributed by atoms with Crippen LogP contribution in [-0.2, 0) is 4.79 Å². The molecule has 0 saturated carbocycles. The average Bonchev–Trinajstić information content (AvgIpc) is 2.52. The Bertz CT molecular complexity index is 891. The van der Waals surface area contributed by atoms with Crippen LogP contribution in [0.25, 0.3) is 11.0 Å². The summed E-state index contributed by atoms with van der Waals surface area (Å²) in [6, 6.07) is 2.48. The summed E-state index contributed by atoms with van der Waals surface area (Å²) in [5, 5.41) is 29.2. The Balaban J connectivity index is 2.22. The predicted molar refractivity (Wildman–Crippen MR) is 80.1 cm³/mol. The first kappa shape index (κ1) is 15.0. The van der Waals surface area contributed by atoms with Gasteiger partial charge in [-0.2, -0.15) is 0 Å². The SMILES string of the molecule is COc1cc(O)cc2oc([C@@H]3CC=C(O)C(=O)C3)c(O)c(=O)c12. The number of hydrogen-bond donors (Lipinski definition) is 3. The highest BCUT2D eigenvalue weighted by atomic mass is 16.5. The van der Waals surface area contributed by atoms with Gasteiger partial charge in [0.25, 0.3) is 0 Å². The van der Waals surface area contributed by atoms with Crippen molar-refractivity contribution in [1.29, 1.82) is 0 Å². The molecule has 1 aromatic carbocycles. The average molecular weight is 318 g/mol. The van der Waals surface area contributed by atoms with E-state index in [1.807, 2.05) is 0 Å². The molecule has 0 amide bonds. The van der Waals surface area contributed by atoms with Crippen LogP contribution in [-0.4, -0.2) is 28.2 Å². The van der Waals surface area contributed by atoms with Gasteiger partial charge < -0.3 is 24.5 Å². The van der Waals surface area contributed by atoms with E-state index in [2.05, 4.69) is 0 Å². The Morgan fingerprint density at radius 3 is 2.61 bits per heavy atom. The zero-order valence-electron chi connectivity index (χ0n) is 12.2. The smallest absolute Gasteiger partial charge is 0.238 e. The number of phenolic OH excluding ortho intramolecular Hbond substituents is 1. The Morgan fingerprint density at radius 2 is 1.96 bits per heavy atom. The lowest BCUT2D eigenvalue weighted by Gasteiger charge is -2.19. The Hall–Kier alpha value is -2.96. The zero-order chi connectivity index (χ0) is 16.7. The third-order valence-corrected chi connectivity index (χ3v) is 3.85. The van der Waals surface area contributed by atoms with Gasteiger partial charge in [-0.25, -0.2) is 0 Å². The lowest BCUT2D eigenvalue weighted by Crippen LogP contribution is -2.16. The zero-order valence-corrected chi connectivity index (χ0v) is 12.2. The van der Waals surface area contributed by atoms with Crippen LogP contribution in [0.15, 0.2) is 33.2 Å². The van der Waals surface area contributed by atoms with Gasteiger partial charge in [-0.1, -0.05) is 0 Å². The molecule has 0 fully saturated rings. The molecule has 2 aromatic rings. The molecule has 1 aromatic heterocycles. The molecule has 7 nitrogen and oxygen atoms in total. The van der Waals surface area contributed by atoms with Gasteiger partial charge in [-0.15, -0.1) is 0 Å². The fourth-order valence-corrected chi connectivity index (χ4v) is 2.69. The molecule has 0 saturated heterocycles. The second-order valence-electron chi connectivity index (χ2n) is 5.31. The third-order valence-electron chi connectivity index (χ3n) is 3.85. The van der Waals surface area contributed by atoms with Crippen molar-refractivity contribution in [3.63, 3.8) is 0 Å². The predicted octanol–water partition coefficient (Wildman–Crippen LogP) is 2.10. The van der Waals surface area contributed by atoms with Crippen molar-refractivity contribution in [2.75, 3.05) is 7.11 Å². The molecule has 1 heterocycles. The number of rotatable bonds is 2. The van der Waals surface area contributed by atoms with E-state index in [0.717, 1.165) is 0 Å². The molecule has 1 atom stereocenters. The van der Waals surface area contributed by atoms with Crippen LogP contribution in [0.2, 0.25) is 0 Å². The van der Waals surface area contributed by atoms with Crippen molar-refractivity contribution in [2.24, 2.45) is 0 Å². The molecule has 1 aliphatic carbocycles. The number of aromatic hydroxyl groups is 2. The number of benzene rings is 1. The summed E-state index contributed by atoms with van der Waals surface area (Å²) in [7, 11) is 1.33. The third kappa shape index (κ3) is 2.40. The van der Waals surface area contributed by atoms with Crippen molar-refractivity contribution < 1.29 is 29.3 Å². The number of hydrogen-bond acceptors (Lipinski definition) is 7. The van der Waals surface area contributed by atoms with Gasteiger partial charge in [0, 0.05) is 24.5 Å². The minimum Gasteiger partial charge on any atom is -0.508 e. The monoisotopic (exact) mass is 318 g/mol. The van der Waals surface area contributed by atoms with Gasteiger partial charge >= 0.3 is 0 Å². The van der Waals surface area contributed by atoms with Crippen molar-refractivity contribution in [3.05, 3.63) is 40.0 Å². The molecule has 120 valence electrons. The topological polar surface area (TPSA) is 117 Å². The number of phenols is 1. The van der Waals surface area contributed by atoms with Crippen molar-refractivity contribution in [1.82, 2.24) is 0 Å². The molecule has 0 unspecified atom stereocenters. The van der Waals surface area contributed by atoms with E-state index >= 15 is 0 Å². The number of ketones is 1. The van der Waals surface area contributed by atoms with Gasteiger partial charge in [0.1, 0.15) is 22.5 Å². The summed E-state index contributed by atoms with van der Waals surface area (Å²) < 4.78 is 10.6. The second-order valence-corrected chi connectivity index (χ2v) is 5.31. The van der Waals surface area contributed by atoms with E-state index in [0.29, 0.717) is 0 Å². The molecule has 1 aliphatic rings. The highest BCUT2D eigenvalue weighted by molar-refractivity contribution is 5.94. The fraction of sp³-hybridized carbons (Fsp3) is 0.250. The van der Waals surface area contributed by atoms with Gasteiger partial charge in [0.2, 0.25) is 11.2 Å². The molecule has 23 heavy (non-hydrogen) atoms. The summed E-state index contributed by atoms with van der Waals surface area (Å²) in [6.07, 6.45) is 1.49. The second kappa shape index (κ2) is 5.35. The van der Waals surface area contributed by atoms with Gasteiger partial charge in [0.15, 0.2) is 17.3 Å². The number of aliphatic hydroxyl groups is 1. The molecular weight excluding hydrogens is 304 g/mol. The number of aliphatic hydroxyl groups excluding tert-OH is 1. The minimum atomic E-state index is -0.704. The van der Waals surface area contributed by atoms with Crippen LogP contribution in [0.1, 0.15) is 24.5 Å². The Kier molecular flexibility index (Phi) is 3.48. The van der Waals surface area contributed by atoms with E-state index in [1.165, 1.54) is 25.3 Å². The van der Waals surface area contributed by atoms with Crippen molar-refractivity contribution >= 4 is 16.8 Å². The van der Waals surface area contributed by atoms with E-state index in [9.17, 15) is 24.9 Å². The van der Waals surface area contributed by atoms with E-state index < -0.39 is 22.9 Å². The molecule has 0 aliphatic heterocycles. The molecule has 0 radical (unpaired) electrons. The van der Waals surface area contributed by atoms with Crippen LogP contribution in [0.5, 0.6) is 17.2 Å². The number of carbonyl (C=O) groups is 1. The highest BCUT2D eigenvalue weighted by Gasteiger charge is 2.29. The van der Waals surface area contributed by atoms with Crippen molar-refractivity contribution in [3.8, 4) is 17.2 Å². The van der Waals surface area contributed by atoms with Gasteiger partial charge in [-0.05, 0) is 12.5 Å². The van der Waals surface area contributed by atoms with Crippen LogP contribution in [0, 0.1) is 0 Å². The summed E-state index contributed by atoms with van der Waals surface area (Å²) in [5.41, 5.74) is -0.657. The van der Waals surface area contributed by atoms with Crippen LogP contribution >= 0.6 is 0 Å².